The zero-order valence-electron chi connectivity index (χ0n) is 12.6. The second-order valence-corrected chi connectivity index (χ2v) is 7.65. The molecule has 1 aromatic rings. The van der Waals surface area contributed by atoms with E-state index in [0.29, 0.717) is 23.9 Å². The fourth-order valence-corrected chi connectivity index (χ4v) is 4.45. The molecule has 1 aliphatic heterocycles. The third kappa shape index (κ3) is 3.34. The Morgan fingerprint density at radius 3 is 2.38 bits per heavy atom. The minimum atomic E-state index is -3.67. The first-order valence-electron chi connectivity index (χ1n) is 6.75. The van der Waals surface area contributed by atoms with Gasteiger partial charge in [0, 0.05) is 18.1 Å². The fraction of sp³-hybridized carbons (Fsp3) is 0.571. The first-order chi connectivity index (χ1) is 9.75. The van der Waals surface area contributed by atoms with Crippen LogP contribution in [0.5, 0.6) is 5.75 Å². The molecule has 0 unspecified atom stereocenters. The lowest BCUT2D eigenvalue weighted by Gasteiger charge is -2.34. The van der Waals surface area contributed by atoms with E-state index in [1.54, 1.807) is 13.0 Å². The fourth-order valence-electron chi connectivity index (χ4n) is 2.46. The molecule has 0 spiro atoms. The first kappa shape index (κ1) is 16.5. The summed E-state index contributed by atoms with van der Waals surface area (Å²) in [6.45, 7) is 6.16. The molecule has 1 heterocycles. The van der Waals surface area contributed by atoms with Crippen LogP contribution in [0.2, 0.25) is 5.02 Å². The van der Waals surface area contributed by atoms with Crippen LogP contribution in [0.3, 0.4) is 0 Å². The number of nitrogens with zero attached hydrogens (tertiary/aromatic N) is 1. The summed E-state index contributed by atoms with van der Waals surface area (Å²) in [5, 5.41) is 0.406. The van der Waals surface area contributed by atoms with Crippen LogP contribution in [0.1, 0.15) is 19.4 Å². The van der Waals surface area contributed by atoms with E-state index >= 15 is 0 Å². The highest BCUT2D eigenvalue weighted by Gasteiger charge is 2.34. The van der Waals surface area contributed by atoms with Gasteiger partial charge in [-0.25, -0.2) is 8.42 Å². The summed E-state index contributed by atoms with van der Waals surface area (Å²) in [6, 6.07) is 3.10. The predicted octanol–water partition coefficient (Wildman–Crippen LogP) is 2.45. The molecule has 0 bridgehead atoms. The van der Waals surface area contributed by atoms with Crippen molar-refractivity contribution in [3.05, 3.63) is 22.7 Å². The van der Waals surface area contributed by atoms with E-state index in [0.717, 1.165) is 5.56 Å². The average Bonchev–Trinajstić information content (AvgIpc) is 2.40. The number of aryl methyl sites for hydroxylation is 1. The van der Waals surface area contributed by atoms with Crippen LogP contribution in [0.4, 0.5) is 0 Å². The minimum Gasteiger partial charge on any atom is -0.495 e. The Bertz CT molecular complexity index is 622. The Labute approximate surface area is 130 Å². The lowest BCUT2D eigenvalue weighted by atomic mass is 10.2. The molecule has 0 radical (unpaired) electrons. The highest BCUT2D eigenvalue weighted by Crippen LogP contribution is 2.33. The molecular formula is C14H20ClNO4S. The van der Waals surface area contributed by atoms with Crippen molar-refractivity contribution >= 4 is 21.6 Å². The SMILES string of the molecule is COc1cc(C)c(Cl)cc1S(=O)(=O)N1C[C@@H](C)O[C@H](C)C1. The van der Waals surface area contributed by atoms with E-state index in [9.17, 15) is 8.42 Å². The van der Waals surface area contributed by atoms with Crippen LogP contribution in [-0.2, 0) is 14.8 Å². The summed E-state index contributed by atoms with van der Waals surface area (Å²) in [5.41, 5.74) is 0.774. The van der Waals surface area contributed by atoms with E-state index in [1.807, 2.05) is 13.8 Å². The molecule has 7 heteroatoms. The molecule has 1 saturated heterocycles. The van der Waals surface area contributed by atoms with Gasteiger partial charge < -0.3 is 9.47 Å². The number of ether oxygens (including phenoxy) is 2. The standard InChI is InChI=1S/C14H20ClNO4S/c1-9-5-13(19-4)14(6-12(9)15)21(17,18)16-7-10(2)20-11(3)8-16/h5-6,10-11H,7-8H2,1-4H3/t10-,11-/m1/s1. The third-order valence-corrected chi connectivity index (χ3v) is 5.71. The van der Waals surface area contributed by atoms with Gasteiger partial charge in [-0.1, -0.05) is 11.6 Å². The van der Waals surface area contributed by atoms with Crippen molar-refractivity contribution in [3.63, 3.8) is 0 Å². The zero-order valence-corrected chi connectivity index (χ0v) is 14.2. The van der Waals surface area contributed by atoms with Crippen LogP contribution in [-0.4, -0.2) is 45.1 Å². The summed E-state index contributed by atoms with van der Waals surface area (Å²) >= 11 is 6.08. The average molecular weight is 334 g/mol. The molecule has 0 N–H and O–H groups in total. The molecule has 0 saturated carbocycles. The summed E-state index contributed by atoms with van der Waals surface area (Å²) < 4.78 is 37.9. The quantitative estimate of drug-likeness (QED) is 0.852. The third-order valence-electron chi connectivity index (χ3n) is 3.45. The molecule has 1 aliphatic rings. The van der Waals surface area contributed by atoms with Crippen molar-refractivity contribution in [2.24, 2.45) is 0 Å². The van der Waals surface area contributed by atoms with Gasteiger partial charge in [-0.2, -0.15) is 4.31 Å². The first-order valence-corrected chi connectivity index (χ1v) is 8.57. The highest BCUT2D eigenvalue weighted by molar-refractivity contribution is 7.89. The molecule has 0 aromatic heterocycles. The van der Waals surface area contributed by atoms with Crippen molar-refractivity contribution in [3.8, 4) is 5.75 Å². The highest BCUT2D eigenvalue weighted by atomic mass is 35.5. The number of methoxy groups -OCH3 is 1. The number of halogens is 1. The van der Waals surface area contributed by atoms with Gasteiger partial charge in [-0.3, -0.25) is 0 Å². The number of hydrogen-bond donors (Lipinski definition) is 0. The predicted molar refractivity (Wildman–Crippen MR) is 81.5 cm³/mol. The topological polar surface area (TPSA) is 55.8 Å². The second kappa shape index (κ2) is 6.12. The molecule has 0 amide bonds. The Morgan fingerprint density at radius 2 is 1.86 bits per heavy atom. The van der Waals surface area contributed by atoms with Gasteiger partial charge in [0.1, 0.15) is 10.6 Å². The summed E-state index contributed by atoms with van der Waals surface area (Å²) in [5.74, 6) is 0.309. The smallest absolute Gasteiger partial charge is 0.246 e. The van der Waals surface area contributed by atoms with Crippen molar-refractivity contribution in [2.45, 2.75) is 37.9 Å². The number of sulfonamides is 1. The number of benzene rings is 1. The van der Waals surface area contributed by atoms with E-state index < -0.39 is 10.0 Å². The van der Waals surface area contributed by atoms with E-state index in [1.165, 1.54) is 17.5 Å². The largest absolute Gasteiger partial charge is 0.495 e. The summed E-state index contributed by atoms with van der Waals surface area (Å²) in [6.07, 6.45) is -0.286. The van der Waals surface area contributed by atoms with Gasteiger partial charge in [-0.05, 0) is 38.5 Å². The normalized spacial score (nSPS) is 24.0. The van der Waals surface area contributed by atoms with E-state index in [4.69, 9.17) is 21.1 Å². The Kier molecular flexibility index (Phi) is 4.82. The van der Waals surface area contributed by atoms with Crippen LogP contribution < -0.4 is 4.74 Å². The van der Waals surface area contributed by atoms with Gasteiger partial charge >= 0.3 is 0 Å². The minimum absolute atomic E-state index is 0.0990. The van der Waals surface area contributed by atoms with Crippen molar-refractivity contribution < 1.29 is 17.9 Å². The monoisotopic (exact) mass is 333 g/mol. The van der Waals surface area contributed by atoms with Gasteiger partial charge in [0.2, 0.25) is 10.0 Å². The van der Waals surface area contributed by atoms with Crippen molar-refractivity contribution in [2.75, 3.05) is 20.2 Å². The molecule has 118 valence electrons. The Morgan fingerprint density at radius 1 is 1.29 bits per heavy atom. The number of morpholine rings is 1. The van der Waals surface area contributed by atoms with Crippen LogP contribution in [0, 0.1) is 6.92 Å². The van der Waals surface area contributed by atoms with E-state index in [-0.39, 0.29) is 17.1 Å². The molecule has 2 atom stereocenters. The zero-order chi connectivity index (χ0) is 15.8. The van der Waals surface area contributed by atoms with E-state index in [2.05, 4.69) is 0 Å². The van der Waals surface area contributed by atoms with Gasteiger partial charge in [-0.15, -0.1) is 0 Å². The maximum Gasteiger partial charge on any atom is 0.246 e. The van der Waals surface area contributed by atoms with Crippen LogP contribution >= 0.6 is 11.6 Å². The molecule has 5 nitrogen and oxygen atoms in total. The summed E-state index contributed by atoms with van der Waals surface area (Å²) in [7, 11) is -2.22. The molecule has 1 aromatic carbocycles. The molecule has 2 rings (SSSR count). The molecule has 1 fully saturated rings. The number of rotatable bonds is 3. The molecule has 21 heavy (non-hydrogen) atoms. The maximum atomic E-state index is 12.9. The van der Waals surface area contributed by atoms with Crippen molar-refractivity contribution in [1.29, 1.82) is 0 Å². The second-order valence-electron chi connectivity index (χ2n) is 5.33. The van der Waals surface area contributed by atoms with Gasteiger partial charge in [0.05, 0.1) is 19.3 Å². The molecular weight excluding hydrogens is 314 g/mol. The lowest BCUT2D eigenvalue weighted by molar-refractivity contribution is -0.0441. The number of hydrogen-bond acceptors (Lipinski definition) is 4. The van der Waals surface area contributed by atoms with Gasteiger partial charge in [0.15, 0.2) is 0 Å². The Balaban J connectivity index is 2.46. The van der Waals surface area contributed by atoms with Crippen molar-refractivity contribution in [1.82, 2.24) is 4.31 Å². The maximum absolute atomic E-state index is 12.9. The van der Waals surface area contributed by atoms with Gasteiger partial charge in [0.25, 0.3) is 0 Å². The van der Waals surface area contributed by atoms with Crippen LogP contribution in [0.25, 0.3) is 0 Å². The van der Waals surface area contributed by atoms with Crippen LogP contribution in [0.15, 0.2) is 17.0 Å². The molecule has 0 aliphatic carbocycles. The summed E-state index contributed by atoms with van der Waals surface area (Å²) in [4.78, 5) is 0.0990. The Hall–Kier alpha value is -0.820. The lowest BCUT2D eigenvalue weighted by Crippen LogP contribution is -2.48.